The Balaban J connectivity index is 0.00000288. The van der Waals surface area contributed by atoms with Crippen molar-refractivity contribution in [2.24, 2.45) is 0 Å². The maximum absolute atomic E-state index is 12.8. The molecule has 0 saturated carbocycles. The van der Waals surface area contributed by atoms with Gasteiger partial charge in [0.2, 0.25) is 10.0 Å². The fourth-order valence-corrected chi connectivity index (χ4v) is 3.87. The second kappa shape index (κ2) is 7.70. The average Bonchev–Trinajstić information content (AvgIpc) is 2.45. The van der Waals surface area contributed by atoms with E-state index >= 15 is 0 Å². The molecule has 0 aromatic heterocycles. The maximum atomic E-state index is 12.8. The molecule has 0 spiro atoms. The van der Waals surface area contributed by atoms with E-state index in [1.54, 1.807) is 0 Å². The molecule has 1 fully saturated rings. The Bertz CT molecular complexity index is 732. The van der Waals surface area contributed by atoms with E-state index in [1.807, 2.05) is 6.92 Å². The molecule has 1 aromatic rings. The van der Waals surface area contributed by atoms with Crippen LogP contribution < -0.4 is 10.0 Å². The number of sulfonamides is 1. The molecule has 0 bridgehead atoms. The molecule has 10 heteroatoms. The summed E-state index contributed by atoms with van der Waals surface area (Å²) in [7, 11) is -3.97. The quantitative estimate of drug-likeness (QED) is 0.839. The third-order valence-corrected chi connectivity index (χ3v) is 5.19. The summed E-state index contributed by atoms with van der Waals surface area (Å²) in [4.78, 5) is -0.340. The normalized spacial score (nSPS) is 21.6. The van der Waals surface area contributed by atoms with Gasteiger partial charge in [0.1, 0.15) is 0 Å². The Morgan fingerprint density at radius 2 is 2.04 bits per heavy atom. The van der Waals surface area contributed by atoms with Crippen molar-refractivity contribution in [1.82, 2.24) is 10.0 Å². The van der Waals surface area contributed by atoms with Gasteiger partial charge in [-0.15, -0.1) is 12.4 Å². The molecule has 0 amide bonds. The number of nitrogens with one attached hydrogen (secondary N) is 2. The van der Waals surface area contributed by atoms with Gasteiger partial charge < -0.3 is 5.32 Å². The number of alkyl halides is 3. The van der Waals surface area contributed by atoms with Crippen molar-refractivity contribution in [3.8, 4) is 6.07 Å². The van der Waals surface area contributed by atoms with E-state index in [-0.39, 0.29) is 29.4 Å². The van der Waals surface area contributed by atoms with Crippen molar-refractivity contribution in [2.75, 3.05) is 6.54 Å². The van der Waals surface area contributed by atoms with Crippen molar-refractivity contribution in [3.05, 3.63) is 29.3 Å². The summed E-state index contributed by atoms with van der Waals surface area (Å²) in [5.41, 5.74) is -1.85. The molecule has 2 atom stereocenters. The number of piperidine rings is 1. The van der Waals surface area contributed by atoms with Gasteiger partial charge in [-0.25, -0.2) is 13.1 Å². The van der Waals surface area contributed by atoms with Crippen LogP contribution in [0.4, 0.5) is 13.2 Å². The summed E-state index contributed by atoms with van der Waals surface area (Å²) in [6.07, 6.45) is -3.52. The lowest BCUT2D eigenvalue weighted by molar-refractivity contribution is -0.137. The van der Waals surface area contributed by atoms with Crippen LogP contribution in [-0.4, -0.2) is 27.0 Å². The first kappa shape index (κ1) is 20.7. The predicted octanol–water partition coefficient (Wildman–Crippen LogP) is 2.42. The largest absolute Gasteiger partial charge is 0.417 e. The number of nitriles is 1. The molecule has 0 aliphatic carbocycles. The van der Waals surface area contributed by atoms with Crippen LogP contribution in [0.25, 0.3) is 0 Å². The lowest BCUT2D eigenvalue weighted by atomic mass is 10.0. The fraction of sp³-hybridized carbons (Fsp3) is 0.500. The number of nitrogens with zero attached hydrogens (tertiary/aromatic N) is 1. The molecule has 2 unspecified atom stereocenters. The summed E-state index contributed by atoms with van der Waals surface area (Å²) in [6, 6.07) is 3.52. The Labute approximate surface area is 144 Å². The van der Waals surface area contributed by atoms with Crippen LogP contribution in [0.1, 0.15) is 30.9 Å². The van der Waals surface area contributed by atoms with Crippen molar-refractivity contribution < 1.29 is 21.6 Å². The minimum atomic E-state index is -4.70. The zero-order chi connectivity index (χ0) is 17.3. The zero-order valence-corrected chi connectivity index (χ0v) is 14.4. The summed E-state index contributed by atoms with van der Waals surface area (Å²) < 4.78 is 65.4. The highest BCUT2D eigenvalue weighted by Gasteiger charge is 2.34. The standard InChI is InChI=1S/C14H16F3N3O2S.ClH/c1-9-6-11(4-5-19-9)20-23(21,22)12-2-3-13(14(15,16)17)10(7-12)8-18;/h2-3,7,9,11,19-20H,4-6H2,1H3;1H. The smallest absolute Gasteiger partial charge is 0.314 e. The highest BCUT2D eigenvalue weighted by atomic mass is 35.5. The van der Waals surface area contributed by atoms with E-state index in [9.17, 15) is 21.6 Å². The van der Waals surface area contributed by atoms with Crippen LogP contribution in [0.2, 0.25) is 0 Å². The molecule has 1 aromatic carbocycles. The van der Waals surface area contributed by atoms with Gasteiger partial charge in [-0.2, -0.15) is 18.4 Å². The number of benzene rings is 1. The maximum Gasteiger partial charge on any atom is 0.417 e. The number of hydrogen-bond donors (Lipinski definition) is 2. The lowest BCUT2D eigenvalue weighted by Crippen LogP contribution is -2.46. The van der Waals surface area contributed by atoms with Gasteiger partial charge in [-0.1, -0.05) is 0 Å². The molecular weight excluding hydrogens is 367 g/mol. The lowest BCUT2D eigenvalue weighted by Gasteiger charge is -2.28. The predicted molar refractivity (Wildman–Crippen MR) is 84.2 cm³/mol. The van der Waals surface area contributed by atoms with E-state index in [0.29, 0.717) is 25.5 Å². The highest BCUT2D eigenvalue weighted by molar-refractivity contribution is 7.89. The molecule has 5 nitrogen and oxygen atoms in total. The monoisotopic (exact) mass is 383 g/mol. The van der Waals surface area contributed by atoms with Crippen molar-refractivity contribution >= 4 is 22.4 Å². The SMILES string of the molecule is CC1CC(NS(=O)(=O)c2ccc(C(F)(F)F)c(C#N)c2)CCN1.Cl. The molecule has 134 valence electrons. The van der Waals surface area contributed by atoms with Crippen LogP contribution in [-0.2, 0) is 16.2 Å². The van der Waals surface area contributed by atoms with Crippen LogP contribution in [0.3, 0.4) is 0 Å². The third-order valence-electron chi connectivity index (χ3n) is 3.67. The van der Waals surface area contributed by atoms with Gasteiger partial charge in [0.25, 0.3) is 0 Å². The Hall–Kier alpha value is -1.34. The molecule has 1 heterocycles. The molecule has 1 aliphatic heterocycles. The van der Waals surface area contributed by atoms with E-state index in [2.05, 4.69) is 10.0 Å². The Morgan fingerprint density at radius 1 is 1.38 bits per heavy atom. The number of hydrogen-bond acceptors (Lipinski definition) is 4. The molecule has 0 radical (unpaired) electrons. The molecule has 2 rings (SSSR count). The second-order valence-electron chi connectivity index (χ2n) is 5.51. The van der Waals surface area contributed by atoms with E-state index < -0.39 is 27.3 Å². The van der Waals surface area contributed by atoms with Crippen molar-refractivity contribution in [2.45, 2.75) is 42.9 Å². The zero-order valence-electron chi connectivity index (χ0n) is 12.7. The van der Waals surface area contributed by atoms with Crippen LogP contribution in [0, 0.1) is 11.3 Å². The Morgan fingerprint density at radius 3 is 2.58 bits per heavy atom. The number of rotatable bonds is 3. The summed E-state index contributed by atoms with van der Waals surface area (Å²) >= 11 is 0. The van der Waals surface area contributed by atoms with Crippen LogP contribution >= 0.6 is 12.4 Å². The van der Waals surface area contributed by atoms with E-state index in [1.165, 1.54) is 6.07 Å². The van der Waals surface area contributed by atoms with Gasteiger partial charge in [0, 0.05) is 12.1 Å². The highest BCUT2D eigenvalue weighted by Crippen LogP contribution is 2.32. The van der Waals surface area contributed by atoms with E-state index in [0.717, 1.165) is 12.1 Å². The molecule has 1 saturated heterocycles. The van der Waals surface area contributed by atoms with Gasteiger partial charge >= 0.3 is 6.18 Å². The topological polar surface area (TPSA) is 82.0 Å². The van der Waals surface area contributed by atoms with E-state index in [4.69, 9.17) is 5.26 Å². The number of halogens is 4. The van der Waals surface area contributed by atoms with Crippen LogP contribution in [0.5, 0.6) is 0 Å². The summed E-state index contributed by atoms with van der Waals surface area (Å²) in [5.74, 6) is 0. The van der Waals surface area contributed by atoms with Gasteiger partial charge in [-0.3, -0.25) is 0 Å². The van der Waals surface area contributed by atoms with Crippen LogP contribution in [0.15, 0.2) is 23.1 Å². The third kappa shape index (κ3) is 4.83. The first-order valence-electron chi connectivity index (χ1n) is 7.00. The molecule has 1 aliphatic rings. The molecule has 2 N–H and O–H groups in total. The van der Waals surface area contributed by atoms with Crippen molar-refractivity contribution in [1.29, 1.82) is 5.26 Å². The van der Waals surface area contributed by atoms with Gasteiger partial charge in [-0.05, 0) is 44.5 Å². The fourth-order valence-electron chi connectivity index (χ4n) is 2.56. The average molecular weight is 384 g/mol. The first-order valence-corrected chi connectivity index (χ1v) is 8.49. The van der Waals surface area contributed by atoms with Crippen molar-refractivity contribution in [3.63, 3.8) is 0 Å². The summed E-state index contributed by atoms with van der Waals surface area (Å²) in [6.45, 7) is 2.58. The van der Waals surface area contributed by atoms with Gasteiger partial charge in [0.05, 0.1) is 22.1 Å². The minimum absolute atomic E-state index is 0. The Kier molecular flexibility index (Phi) is 6.64. The second-order valence-corrected chi connectivity index (χ2v) is 7.23. The first-order chi connectivity index (χ1) is 10.6. The summed E-state index contributed by atoms with van der Waals surface area (Å²) in [5, 5.41) is 12.0. The van der Waals surface area contributed by atoms with Gasteiger partial charge in [0.15, 0.2) is 0 Å². The minimum Gasteiger partial charge on any atom is -0.314 e. The molecular formula is C14H17ClF3N3O2S. The molecule has 24 heavy (non-hydrogen) atoms.